The van der Waals surface area contributed by atoms with E-state index >= 15 is 0 Å². The second-order valence-corrected chi connectivity index (χ2v) is 5.08. The molecule has 0 aliphatic carbocycles. The molecule has 88 valence electrons. The maximum Gasteiger partial charge on any atom is 0.0458 e. The standard InChI is InChI=1S/C12H16BrClN2/c1-8(2)7-16-12(6-15)10-4-3-9(14)5-11(10)13/h3-5,12,16H,1,6-7,15H2,2H3. The highest BCUT2D eigenvalue weighted by atomic mass is 79.9. The normalized spacial score (nSPS) is 12.5. The molecule has 0 fully saturated rings. The van der Waals surface area contributed by atoms with E-state index in [4.69, 9.17) is 17.3 Å². The van der Waals surface area contributed by atoms with Crippen LogP contribution in [0.5, 0.6) is 0 Å². The quantitative estimate of drug-likeness (QED) is 0.819. The first-order valence-corrected chi connectivity index (χ1v) is 6.24. The number of halogens is 2. The lowest BCUT2D eigenvalue weighted by atomic mass is 10.1. The molecular weight excluding hydrogens is 288 g/mol. The van der Waals surface area contributed by atoms with E-state index in [0.29, 0.717) is 11.6 Å². The lowest BCUT2D eigenvalue weighted by Gasteiger charge is -2.19. The number of hydrogen-bond acceptors (Lipinski definition) is 2. The first-order valence-electron chi connectivity index (χ1n) is 5.07. The molecule has 1 unspecified atom stereocenters. The van der Waals surface area contributed by atoms with Crippen molar-refractivity contribution >= 4 is 27.5 Å². The van der Waals surface area contributed by atoms with Crippen molar-refractivity contribution in [3.05, 3.63) is 45.4 Å². The Kier molecular flexibility index (Phi) is 5.49. The van der Waals surface area contributed by atoms with Gasteiger partial charge < -0.3 is 11.1 Å². The highest BCUT2D eigenvalue weighted by Crippen LogP contribution is 2.26. The van der Waals surface area contributed by atoms with Crippen LogP contribution < -0.4 is 11.1 Å². The third-order valence-corrected chi connectivity index (χ3v) is 3.15. The summed E-state index contributed by atoms with van der Waals surface area (Å²) in [5.41, 5.74) is 7.96. The zero-order valence-electron chi connectivity index (χ0n) is 9.26. The van der Waals surface area contributed by atoms with Crippen molar-refractivity contribution in [1.82, 2.24) is 5.32 Å². The van der Waals surface area contributed by atoms with Gasteiger partial charge >= 0.3 is 0 Å². The highest BCUT2D eigenvalue weighted by Gasteiger charge is 2.12. The molecule has 0 aliphatic heterocycles. The Morgan fingerprint density at radius 1 is 1.62 bits per heavy atom. The van der Waals surface area contributed by atoms with Gasteiger partial charge in [-0.1, -0.05) is 45.7 Å². The Hall–Kier alpha value is -0.350. The van der Waals surface area contributed by atoms with Crippen molar-refractivity contribution in [1.29, 1.82) is 0 Å². The predicted molar refractivity (Wildman–Crippen MR) is 73.8 cm³/mol. The van der Waals surface area contributed by atoms with Gasteiger partial charge in [-0.05, 0) is 24.6 Å². The van der Waals surface area contributed by atoms with Gasteiger partial charge in [0, 0.05) is 28.6 Å². The van der Waals surface area contributed by atoms with Crippen molar-refractivity contribution in [3.8, 4) is 0 Å². The van der Waals surface area contributed by atoms with Crippen molar-refractivity contribution in [3.63, 3.8) is 0 Å². The van der Waals surface area contributed by atoms with Gasteiger partial charge in [-0.2, -0.15) is 0 Å². The zero-order valence-corrected chi connectivity index (χ0v) is 11.6. The molecule has 1 aromatic carbocycles. The van der Waals surface area contributed by atoms with E-state index < -0.39 is 0 Å². The molecular formula is C12H16BrClN2. The highest BCUT2D eigenvalue weighted by molar-refractivity contribution is 9.10. The van der Waals surface area contributed by atoms with Crippen molar-refractivity contribution in [2.75, 3.05) is 13.1 Å². The molecule has 0 amide bonds. The zero-order chi connectivity index (χ0) is 12.1. The number of hydrogen-bond donors (Lipinski definition) is 2. The molecule has 4 heteroatoms. The molecule has 0 aliphatic rings. The molecule has 16 heavy (non-hydrogen) atoms. The van der Waals surface area contributed by atoms with Crippen LogP contribution in [0.2, 0.25) is 5.02 Å². The molecule has 1 rings (SSSR count). The van der Waals surface area contributed by atoms with Gasteiger partial charge in [-0.3, -0.25) is 0 Å². The van der Waals surface area contributed by atoms with Crippen LogP contribution in [0.3, 0.4) is 0 Å². The molecule has 0 radical (unpaired) electrons. The molecule has 3 N–H and O–H groups in total. The molecule has 0 saturated heterocycles. The Balaban J connectivity index is 2.82. The van der Waals surface area contributed by atoms with Gasteiger partial charge in [0.25, 0.3) is 0 Å². The van der Waals surface area contributed by atoms with Crippen LogP contribution in [-0.2, 0) is 0 Å². The first-order chi connectivity index (χ1) is 7.54. The Bertz CT molecular complexity index is 379. The molecule has 0 heterocycles. The van der Waals surface area contributed by atoms with Crippen LogP contribution in [0.1, 0.15) is 18.5 Å². The summed E-state index contributed by atoms with van der Waals surface area (Å²) in [7, 11) is 0. The summed E-state index contributed by atoms with van der Waals surface area (Å²) in [5, 5.41) is 4.06. The van der Waals surface area contributed by atoms with Gasteiger partial charge in [0.1, 0.15) is 0 Å². The lowest BCUT2D eigenvalue weighted by Crippen LogP contribution is -2.29. The van der Waals surface area contributed by atoms with Crippen molar-refractivity contribution < 1.29 is 0 Å². The fraction of sp³-hybridized carbons (Fsp3) is 0.333. The third-order valence-electron chi connectivity index (χ3n) is 2.22. The third kappa shape index (κ3) is 3.91. The van der Waals surface area contributed by atoms with Crippen molar-refractivity contribution in [2.45, 2.75) is 13.0 Å². The first kappa shape index (κ1) is 13.7. The summed E-state index contributed by atoms with van der Waals surface area (Å²) < 4.78 is 0.977. The van der Waals surface area contributed by atoms with E-state index in [9.17, 15) is 0 Å². The maximum absolute atomic E-state index is 5.90. The summed E-state index contributed by atoms with van der Waals surface area (Å²) >= 11 is 9.39. The van der Waals surface area contributed by atoms with Crippen LogP contribution in [0.4, 0.5) is 0 Å². The Morgan fingerprint density at radius 2 is 2.31 bits per heavy atom. The van der Waals surface area contributed by atoms with Crippen LogP contribution in [0.25, 0.3) is 0 Å². The average Bonchev–Trinajstić information content (AvgIpc) is 2.21. The number of benzene rings is 1. The van der Waals surface area contributed by atoms with Gasteiger partial charge in [-0.15, -0.1) is 0 Å². The summed E-state index contributed by atoms with van der Waals surface area (Å²) in [6.45, 7) is 7.14. The van der Waals surface area contributed by atoms with Crippen LogP contribution >= 0.6 is 27.5 Å². The topological polar surface area (TPSA) is 38.0 Å². The van der Waals surface area contributed by atoms with E-state index in [2.05, 4.69) is 27.8 Å². The summed E-state index contributed by atoms with van der Waals surface area (Å²) in [5.74, 6) is 0. The lowest BCUT2D eigenvalue weighted by molar-refractivity contribution is 0.567. The number of nitrogens with two attached hydrogens (primary N) is 1. The Labute approximate surface area is 110 Å². The Morgan fingerprint density at radius 3 is 2.81 bits per heavy atom. The minimum atomic E-state index is 0.114. The number of rotatable bonds is 5. The average molecular weight is 304 g/mol. The summed E-state index contributed by atoms with van der Waals surface area (Å²) in [6.07, 6.45) is 0. The molecule has 0 spiro atoms. The summed E-state index contributed by atoms with van der Waals surface area (Å²) in [6, 6.07) is 5.84. The molecule has 1 aromatic rings. The molecule has 0 saturated carbocycles. The van der Waals surface area contributed by atoms with E-state index in [1.165, 1.54) is 0 Å². The van der Waals surface area contributed by atoms with E-state index in [1.54, 1.807) is 0 Å². The van der Waals surface area contributed by atoms with Crippen molar-refractivity contribution in [2.24, 2.45) is 5.73 Å². The van der Waals surface area contributed by atoms with Gasteiger partial charge in [-0.25, -0.2) is 0 Å². The van der Waals surface area contributed by atoms with E-state index in [0.717, 1.165) is 22.2 Å². The van der Waals surface area contributed by atoms with Crippen LogP contribution in [-0.4, -0.2) is 13.1 Å². The molecule has 0 aromatic heterocycles. The van der Waals surface area contributed by atoms with E-state index in [1.807, 2.05) is 25.1 Å². The van der Waals surface area contributed by atoms with E-state index in [-0.39, 0.29) is 6.04 Å². The van der Waals surface area contributed by atoms with Gasteiger partial charge in [0.2, 0.25) is 0 Å². The summed E-state index contributed by atoms with van der Waals surface area (Å²) in [4.78, 5) is 0. The SMILES string of the molecule is C=C(C)CNC(CN)c1ccc(Cl)cc1Br. The van der Waals surface area contributed by atoms with Crippen LogP contribution in [0.15, 0.2) is 34.8 Å². The maximum atomic E-state index is 5.90. The molecule has 0 bridgehead atoms. The second-order valence-electron chi connectivity index (χ2n) is 3.79. The van der Waals surface area contributed by atoms with Gasteiger partial charge in [0.15, 0.2) is 0 Å². The minimum absolute atomic E-state index is 0.114. The largest absolute Gasteiger partial charge is 0.329 e. The minimum Gasteiger partial charge on any atom is -0.329 e. The number of nitrogens with one attached hydrogen (secondary N) is 1. The molecule has 1 atom stereocenters. The molecule has 2 nitrogen and oxygen atoms in total. The van der Waals surface area contributed by atoms with Crippen LogP contribution in [0, 0.1) is 0 Å². The fourth-order valence-electron chi connectivity index (χ4n) is 1.40. The second kappa shape index (κ2) is 6.40. The fourth-order valence-corrected chi connectivity index (χ4v) is 2.36. The van der Waals surface area contributed by atoms with Gasteiger partial charge in [0.05, 0.1) is 0 Å². The monoisotopic (exact) mass is 302 g/mol. The predicted octanol–water partition coefficient (Wildman–Crippen LogP) is 3.27. The smallest absolute Gasteiger partial charge is 0.0458 e.